The summed E-state index contributed by atoms with van der Waals surface area (Å²) < 4.78 is 6.34. The van der Waals surface area contributed by atoms with Gasteiger partial charge in [0.05, 0.1) is 5.56 Å². The predicted molar refractivity (Wildman–Crippen MR) is 80.2 cm³/mol. The number of hydrogen-bond donors (Lipinski definition) is 1. The van der Waals surface area contributed by atoms with Crippen LogP contribution >= 0.6 is 15.9 Å². The van der Waals surface area contributed by atoms with Gasteiger partial charge in [0, 0.05) is 10.5 Å². The van der Waals surface area contributed by atoms with Crippen LogP contribution in [-0.2, 0) is 4.79 Å². The third-order valence-corrected chi connectivity index (χ3v) is 3.92. The van der Waals surface area contributed by atoms with Crippen molar-refractivity contribution in [2.24, 2.45) is 0 Å². The molecule has 1 N–H and O–H groups in total. The Morgan fingerprint density at radius 3 is 2.80 bits per heavy atom. The van der Waals surface area contributed by atoms with E-state index in [2.05, 4.69) is 21.2 Å². The number of carbonyl (C=O) groups is 2. The van der Waals surface area contributed by atoms with Gasteiger partial charge in [-0.3, -0.25) is 9.59 Å². The Hall–Kier alpha value is -1.36. The molecule has 0 aromatic heterocycles. The molecule has 108 valence electrons. The quantitative estimate of drug-likeness (QED) is 0.839. The molecule has 0 atom stereocenters. The number of halogens is 1. The van der Waals surface area contributed by atoms with Crippen LogP contribution in [0.2, 0.25) is 0 Å². The lowest BCUT2D eigenvalue weighted by molar-refractivity contribution is -0.123. The molecule has 1 aromatic carbocycles. The SMILES string of the molecule is Cc1cc(Br)cc(C=O)c1OCC(=O)NC1CCCC1. The van der Waals surface area contributed by atoms with E-state index in [9.17, 15) is 9.59 Å². The zero-order valence-electron chi connectivity index (χ0n) is 11.4. The molecule has 1 aliphatic rings. The monoisotopic (exact) mass is 339 g/mol. The third kappa shape index (κ3) is 3.82. The maximum absolute atomic E-state index is 11.8. The van der Waals surface area contributed by atoms with Crippen molar-refractivity contribution in [2.75, 3.05) is 6.61 Å². The molecule has 1 amide bonds. The second-order valence-electron chi connectivity index (χ2n) is 5.10. The third-order valence-electron chi connectivity index (χ3n) is 3.46. The van der Waals surface area contributed by atoms with Gasteiger partial charge >= 0.3 is 0 Å². The fraction of sp³-hybridized carbons (Fsp3) is 0.467. The van der Waals surface area contributed by atoms with Crippen LogP contribution < -0.4 is 10.1 Å². The second-order valence-corrected chi connectivity index (χ2v) is 6.01. The topological polar surface area (TPSA) is 55.4 Å². The Bertz CT molecular complexity index is 510. The van der Waals surface area contributed by atoms with Gasteiger partial charge in [0.2, 0.25) is 0 Å². The van der Waals surface area contributed by atoms with Crippen molar-refractivity contribution in [3.8, 4) is 5.75 Å². The van der Waals surface area contributed by atoms with E-state index in [4.69, 9.17) is 4.74 Å². The number of ether oxygens (including phenoxy) is 1. The number of nitrogens with one attached hydrogen (secondary N) is 1. The average Bonchev–Trinajstić information content (AvgIpc) is 2.89. The fourth-order valence-electron chi connectivity index (χ4n) is 2.52. The Morgan fingerprint density at radius 2 is 2.15 bits per heavy atom. The van der Waals surface area contributed by atoms with Crippen molar-refractivity contribution >= 4 is 28.1 Å². The molecule has 0 unspecified atom stereocenters. The number of carbonyl (C=O) groups excluding carboxylic acids is 2. The maximum Gasteiger partial charge on any atom is 0.258 e. The number of amides is 1. The molecule has 20 heavy (non-hydrogen) atoms. The molecule has 1 saturated carbocycles. The second kappa shape index (κ2) is 6.88. The zero-order valence-corrected chi connectivity index (χ0v) is 13.0. The minimum absolute atomic E-state index is 0.0557. The summed E-state index contributed by atoms with van der Waals surface area (Å²) in [5, 5.41) is 2.96. The summed E-state index contributed by atoms with van der Waals surface area (Å²) in [6.45, 7) is 1.79. The zero-order chi connectivity index (χ0) is 14.5. The van der Waals surface area contributed by atoms with Gasteiger partial charge in [-0.05, 0) is 37.5 Å². The fourth-order valence-corrected chi connectivity index (χ4v) is 3.11. The summed E-state index contributed by atoms with van der Waals surface area (Å²) in [7, 11) is 0. The van der Waals surface area contributed by atoms with Crippen molar-refractivity contribution in [3.05, 3.63) is 27.7 Å². The van der Waals surface area contributed by atoms with E-state index < -0.39 is 0 Å². The molecule has 1 aromatic rings. The van der Waals surface area contributed by atoms with Crippen LogP contribution in [0.15, 0.2) is 16.6 Å². The number of rotatable bonds is 5. The molecular formula is C15H18BrNO3. The van der Waals surface area contributed by atoms with E-state index in [0.29, 0.717) is 11.3 Å². The number of aldehydes is 1. The summed E-state index contributed by atoms with van der Waals surface area (Å²) >= 11 is 3.33. The molecule has 1 aliphatic carbocycles. The highest BCUT2D eigenvalue weighted by atomic mass is 79.9. The Kier molecular flexibility index (Phi) is 5.17. The molecule has 0 spiro atoms. The van der Waals surface area contributed by atoms with Gasteiger partial charge in [0.25, 0.3) is 5.91 Å². The summed E-state index contributed by atoms with van der Waals surface area (Å²) in [5.41, 5.74) is 1.28. The molecule has 0 bridgehead atoms. The van der Waals surface area contributed by atoms with Crippen molar-refractivity contribution < 1.29 is 14.3 Å². The van der Waals surface area contributed by atoms with Crippen LogP contribution in [0.4, 0.5) is 0 Å². The molecule has 0 aliphatic heterocycles. The summed E-state index contributed by atoms with van der Waals surface area (Å²) in [6, 6.07) is 3.82. The van der Waals surface area contributed by atoms with Crippen molar-refractivity contribution in [2.45, 2.75) is 38.6 Å². The van der Waals surface area contributed by atoms with Crippen molar-refractivity contribution in [3.63, 3.8) is 0 Å². The molecule has 5 heteroatoms. The first kappa shape index (κ1) is 15.0. The Labute approximate surface area is 127 Å². The normalized spacial score (nSPS) is 15.1. The van der Waals surface area contributed by atoms with Crippen molar-refractivity contribution in [1.29, 1.82) is 0 Å². The Balaban J connectivity index is 1.96. The van der Waals surface area contributed by atoms with Gasteiger partial charge in [-0.15, -0.1) is 0 Å². The van der Waals surface area contributed by atoms with E-state index in [0.717, 1.165) is 29.2 Å². The standard InChI is InChI=1S/C15H18BrNO3/c1-10-6-12(16)7-11(8-18)15(10)20-9-14(19)17-13-4-2-3-5-13/h6-8,13H,2-5,9H2,1H3,(H,17,19). The van der Waals surface area contributed by atoms with Gasteiger partial charge < -0.3 is 10.1 Å². The summed E-state index contributed by atoms with van der Waals surface area (Å²) in [4.78, 5) is 22.9. The molecule has 0 saturated heterocycles. The molecule has 0 heterocycles. The van der Waals surface area contributed by atoms with E-state index in [1.54, 1.807) is 6.07 Å². The lowest BCUT2D eigenvalue weighted by Gasteiger charge is -2.14. The van der Waals surface area contributed by atoms with Crippen LogP contribution in [0.5, 0.6) is 5.75 Å². The summed E-state index contributed by atoms with van der Waals surface area (Å²) in [6.07, 6.45) is 5.17. The van der Waals surface area contributed by atoms with E-state index in [-0.39, 0.29) is 18.6 Å². The average molecular weight is 340 g/mol. The van der Waals surface area contributed by atoms with E-state index in [1.165, 1.54) is 12.8 Å². The van der Waals surface area contributed by atoms with E-state index >= 15 is 0 Å². The van der Waals surface area contributed by atoms with Crippen LogP contribution in [0, 0.1) is 6.92 Å². The van der Waals surface area contributed by atoms with Crippen LogP contribution in [0.25, 0.3) is 0 Å². The highest BCUT2D eigenvalue weighted by molar-refractivity contribution is 9.10. The first-order chi connectivity index (χ1) is 9.60. The van der Waals surface area contributed by atoms with Crippen LogP contribution in [-0.4, -0.2) is 24.8 Å². The van der Waals surface area contributed by atoms with Gasteiger partial charge in [0.15, 0.2) is 12.9 Å². The smallest absolute Gasteiger partial charge is 0.258 e. The first-order valence-electron chi connectivity index (χ1n) is 6.77. The van der Waals surface area contributed by atoms with Gasteiger partial charge in [-0.25, -0.2) is 0 Å². The van der Waals surface area contributed by atoms with Gasteiger partial charge in [-0.2, -0.15) is 0 Å². The largest absolute Gasteiger partial charge is 0.483 e. The lowest BCUT2D eigenvalue weighted by Crippen LogP contribution is -2.36. The molecule has 0 radical (unpaired) electrons. The maximum atomic E-state index is 11.8. The molecular weight excluding hydrogens is 322 g/mol. The highest BCUT2D eigenvalue weighted by Gasteiger charge is 2.18. The highest BCUT2D eigenvalue weighted by Crippen LogP contribution is 2.26. The molecule has 2 rings (SSSR count). The molecule has 4 nitrogen and oxygen atoms in total. The number of benzene rings is 1. The number of hydrogen-bond acceptors (Lipinski definition) is 3. The Morgan fingerprint density at radius 1 is 1.45 bits per heavy atom. The molecule has 1 fully saturated rings. The minimum Gasteiger partial charge on any atom is -0.483 e. The van der Waals surface area contributed by atoms with Crippen molar-refractivity contribution in [1.82, 2.24) is 5.32 Å². The summed E-state index contributed by atoms with van der Waals surface area (Å²) in [5.74, 6) is 0.348. The van der Waals surface area contributed by atoms with Crippen LogP contribution in [0.1, 0.15) is 41.6 Å². The minimum atomic E-state index is -0.129. The predicted octanol–water partition coefficient (Wildman–Crippen LogP) is 3.01. The van der Waals surface area contributed by atoms with Gasteiger partial charge in [0.1, 0.15) is 5.75 Å². The van der Waals surface area contributed by atoms with E-state index in [1.807, 2.05) is 13.0 Å². The van der Waals surface area contributed by atoms with Crippen LogP contribution in [0.3, 0.4) is 0 Å². The van der Waals surface area contributed by atoms with Gasteiger partial charge in [-0.1, -0.05) is 28.8 Å². The lowest BCUT2D eigenvalue weighted by atomic mass is 10.1. The first-order valence-corrected chi connectivity index (χ1v) is 7.57. The number of aryl methyl sites for hydroxylation is 1.